The topological polar surface area (TPSA) is 136 Å². The zero-order chi connectivity index (χ0) is 14.5. The molecule has 0 fully saturated rings. The van der Waals surface area contributed by atoms with Crippen molar-refractivity contribution in [2.24, 2.45) is 0 Å². The summed E-state index contributed by atoms with van der Waals surface area (Å²) in [7, 11) is -4.03. The third kappa shape index (κ3) is 6.06. The highest BCUT2D eigenvalue weighted by Crippen LogP contribution is 2.06. The summed E-state index contributed by atoms with van der Waals surface area (Å²) in [6.45, 7) is 1.22. The van der Waals surface area contributed by atoms with Gasteiger partial charge in [-0.3, -0.25) is 4.55 Å². The Morgan fingerprint density at radius 3 is 2.63 bits per heavy atom. The number of amides is 1. The van der Waals surface area contributed by atoms with Crippen LogP contribution in [-0.2, 0) is 21.5 Å². The van der Waals surface area contributed by atoms with Gasteiger partial charge in [-0.2, -0.15) is 8.42 Å². The van der Waals surface area contributed by atoms with Crippen molar-refractivity contribution < 1.29 is 31.3 Å². The first-order chi connectivity index (χ1) is 8.78. The number of alkyl carbamates (subject to hydrolysis) is 1. The van der Waals surface area contributed by atoms with Crippen LogP contribution < -0.4 is 11.1 Å². The van der Waals surface area contributed by atoms with E-state index in [0.29, 0.717) is 0 Å². The van der Waals surface area contributed by atoms with E-state index in [9.17, 15) is 18.0 Å². The summed E-state index contributed by atoms with van der Waals surface area (Å²) in [5.74, 6) is -1.03. The Morgan fingerprint density at radius 1 is 1.42 bits per heavy atom. The van der Waals surface area contributed by atoms with Crippen molar-refractivity contribution in [1.29, 1.82) is 0 Å². The molecule has 0 aliphatic rings. The van der Waals surface area contributed by atoms with Crippen LogP contribution in [0.15, 0.2) is 13.6 Å². The van der Waals surface area contributed by atoms with Gasteiger partial charge in [0.15, 0.2) is 18.1 Å². The van der Waals surface area contributed by atoms with Crippen LogP contribution >= 0.6 is 0 Å². The first-order valence-corrected chi connectivity index (χ1v) is 6.84. The highest BCUT2D eigenvalue weighted by Gasteiger charge is 2.11. The fraction of sp³-hybridized carbons (Fsp3) is 0.556. The Bertz CT molecular complexity index is 584. The van der Waals surface area contributed by atoms with E-state index >= 15 is 0 Å². The second-order valence-electron chi connectivity index (χ2n) is 3.58. The number of aryl methyl sites for hydroxylation is 1. The van der Waals surface area contributed by atoms with E-state index in [1.54, 1.807) is 0 Å². The summed E-state index contributed by atoms with van der Waals surface area (Å²) in [5, 5.41) is 2.26. The highest BCUT2D eigenvalue weighted by atomic mass is 32.2. The standard InChI is InChI=1S/C9H13NO8S/c1-6-7(18-9(12)17-6)5-16-8(11)10-3-2-4-19(13,14)15/h2-5H2,1H3,(H,10,11)(H,13,14,15). The second kappa shape index (κ2) is 6.38. The van der Waals surface area contributed by atoms with Crippen LogP contribution in [0.5, 0.6) is 0 Å². The van der Waals surface area contributed by atoms with Crippen LogP contribution in [0.4, 0.5) is 4.79 Å². The van der Waals surface area contributed by atoms with Crippen LogP contribution in [0.1, 0.15) is 17.9 Å². The van der Waals surface area contributed by atoms with E-state index < -0.39 is 27.8 Å². The maximum Gasteiger partial charge on any atom is 0.519 e. The molecule has 108 valence electrons. The number of hydrogen-bond donors (Lipinski definition) is 2. The Hall–Kier alpha value is -1.81. The van der Waals surface area contributed by atoms with Gasteiger partial charge in [-0.05, 0) is 13.3 Å². The van der Waals surface area contributed by atoms with Crippen LogP contribution in [-0.4, -0.2) is 31.4 Å². The lowest BCUT2D eigenvalue weighted by atomic mass is 10.4. The molecule has 19 heavy (non-hydrogen) atoms. The molecule has 0 saturated carbocycles. The van der Waals surface area contributed by atoms with Gasteiger partial charge in [0.25, 0.3) is 10.1 Å². The molecule has 0 saturated heterocycles. The minimum absolute atomic E-state index is 0.0208. The lowest BCUT2D eigenvalue weighted by Gasteiger charge is -2.04. The third-order valence-electron chi connectivity index (χ3n) is 2.02. The monoisotopic (exact) mass is 295 g/mol. The van der Waals surface area contributed by atoms with Crippen LogP contribution in [0.2, 0.25) is 0 Å². The molecular formula is C9H13NO8S. The van der Waals surface area contributed by atoms with Crippen molar-refractivity contribution in [3.63, 3.8) is 0 Å². The summed E-state index contributed by atoms with van der Waals surface area (Å²) < 4.78 is 43.1. The molecule has 0 bridgehead atoms. The molecule has 1 heterocycles. The predicted molar refractivity (Wildman–Crippen MR) is 61.2 cm³/mol. The normalized spacial score (nSPS) is 11.3. The van der Waals surface area contributed by atoms with Crippen molar-refractivity contribution in [2.75, 3.05) is 12.3 Å². The maximum atomic E-state index is 11.2. The van der Waals surface area contributed by atoms with E-state index in [4.69, 9.17) is 9.29 Å². The number of carbonyl (C=O) groups excluding carboxylic acids is 1. The SMILES string of the molecule is Cc1oc(=O)oc1COC(=O)NCCCS(=O)(=O)O. The Morgan fingerprint density at radius 2 is 2.11 bits per heavy atom. The molecule has 9 nitrogen and oxygen atoms in total. The number of nitrogens with one attached hydrogen (secondary N) is 1. The second-order valence-corrected chi connectivity index (χ2v) is 5.15. The molecule has 1 aromatic heterocycles. The molecule has 0 radical (unpaired) electrons. The summed E-state index contributed by atoms with van der Waals surface area (Å²) in [4.78, 5) is 21.9. The maximum absolute atomic E-state index is 11.2. The fourth-order valence-electron chi connectivity index (χ4n) is 1.13. The summed E-state index contributed by atoms with van der Waals surface area (Å²) >= 11 is 0. The fourth-order valence-corrected chi connectivity index (χ4v) is 1.64. The van der Waals surface area contributed by atoms with Crippen molar-refractivity contribution in [2.45, 2.75) is 20.0 Å². The molecule has 1 aromatic rings. The van der Waals surface area contributed by atoms with Crippen LogP contribution in [0.3, 0.4) is 0 Å². The van der Waals surface area contributed by atoms with Gasteiger partial charge in [0, 0.05) is 6.54 Å². The molecule has 0 aliphatic heterocycles. The number of hydrogen-bond acceptors (Lipinski definition) is 7. The van der Waals surface area contributed by atoms with Crippen molar-refractivity contribution in [1.82, 2.24) is 5.32 Å². The van der Waals surface area contributed by atoms with Crippen molar-refractivity contribution >= 4 is 16.2 Å². The average molecular weight is 295 g/mol. The molecule has 2 N–H and O–H groups in total. The molecule has 10 heteroatoms. The summed E-state index contributed by atoms with van der Waals surface area (Å²) in [6, 6.07) is 0. The first kappa shape index (κ1) is 15.2. The quantitative estimate of drug-likeness (QED) is 0.554. The van der Waals surface area contributed by atoms with Gasteiger partial charge >= 0.3 is 11.9 Å². The van der Waals surface area contributed by atoms with E-state index in [2.05, 4.69) is 14.2 Å². The predicted octanol–water partition coefficient (Wildman–Crippen LogP) is 0.0453. The molecule has 0 aliphatic carbocycles. The molecule has 0 atom stereocenters. The number of ether oxygens (including phenoxy) is 1. The van der Waals surface area contributed by atoms with E-state index in [1.165, 1.54) is 6.92 Å². The largest absolute Gasteiger partial charge is 0.519 e. The van der Waals surface area contributed by atoms with E-state index in [0.717, 1.165) is 0 Å². The lowest BCUT2D eigenvalue weighted by molar-refractivity contribution is 0.130. The summed E-state index contributed by atoms with van der Waals surface area (Å²) in [6.07, 6.45) is -0.758. The number of carbonyl (C=O) groups is 1. The minimum Gasteiger partial charge on any atom is -0.441 e. The highest BCUT2D eigenvalue weighted by molar-refractivity contribution is 7.85. The molecule has 0 spiro atoms. The Labute approximate surface area is 108 Å². The van der Waals surface area contributed by atoms with Gasteiger partial charge in [-0.15, -0.1) is 0 Å². The number of rotatable bonds is 6. The van der Waals surface area contributed by atoms with Gasteiger partial charge in [-0.1, -0.05) is 0 Å². The molecule has 1 rings (SSSR count). The Balaban J connectivity index is 2.25. The summed E-state index contributed by atoms with van der Waals surface area (Å²) in [5.41, 5.74) is 0. The van der Waals surface area contributed by atoms with Gasteiger partial charge in [0.2, 0.25) is 0 Å². The van der Waals surface area contributed by atoms with Gasteiger partial charge in [0.05, 0.1) is 5.75 Å². The van der Waals surface area contributed by atoms with Crippen LogP contribution in [0, 0.1) is 6.92 Å². The van der Waals surface area contributed by atoms with E-state index in [-0.39, 0.29) is 31.1 Å². The minimum atomic E-state index is -4.03. The van der Waals surface area contributed by atoms with Gasteiger partial charge < -0.3 is 18.9 Å². The van der Waals surface area contributed by atoms with E-state index in [1.807, 2.05) is 0 Å². The first-order valence-electron chi connectivity index (χ1n) is 5.23. The lowest BCUT2D eigenvalue weighted by Crippen LogP contribution is -2.26. The molecule has 0 aromatic carbocycles. The average Bonchev–Trinajstić information content (AvgIpc) is 2.59. The Kier molecular flexibility index (Phi) is 5.12. The van der Waals surface area contributed by atoms with Gasteiger partial charge in [-0.25, -0.2) is 9.59 Å². The third-order valence-corrected chi connectivity index (χ3v) is 2.82. The van der Waals surface area contributed by atoms with Crippen LogP contribution in [0.25, 0.3) is 0 Å². The van der Waals surface area contributed by atoms with Crippen molar-refractivity contribution in [3.05, 3.63) is 22.1 Å². The molecular weight excluding hydrogens is 282 g/mol. The van der Waals surface area contributed by atoms with Crippen molar-refractivity contribution in [3.8, 4) is 0 Å². The zero-order valence-corrected chi connectivity index (χ0v) is 10.9. The van der Waals surface area contributed by atoms with Gasteiger partial charge in [0.1, 0.15) is 0 Å². The molecule has 0 unspecified atom stereocenters. The zero-order valence-electron chi connectivity index (χ0n) is 10.0. The smallest absolute Gasteiger partial charge is 0.441 e. The molecule has 1 amide bonds.